The van der Waals surface area contributed by atoms with Crippen molar-refractivity contribution in [2.45, 2.75) is 38.5 Å². The molecule has 31 heavy (non-hydrogen) atoms. The molecule has 0 aromatic heterocycles. The molecule has 0 fully saturated rings. The second-order valence-corrected chi connectivity index (χ2v) is 7.18. The Balaban J connectivity index is 1.81. The van der Waals surface area contributed by atoms with E-state index in [1.807, 2.05) is 0 Å². The van der Waals surface area contributed by atoms with Gasteiger partial charge in [0, 0.05) is 20.0 Å². The van der Waals surface area contributed by atoms with Gasteiger partial charge in [-0.25, -0.2) is 10.2 Å². The van der Waals surface area contributed by atoms with Crippen LogP contribution in [0.4, 0.5) is 13.2 Å². The average Bonchev–Trinajstić information content (AvgIpc) is 2.70. The molecule has 0 saturated carbocycles. The maximum absolute atomic E-state index is 12.8. The number of benzene rings is 2. The Morgan fingerprint density at radius 3 is 2.35 bits per heavy atom. The summed E-state index contributed by atoms with van der Waals surface area (Å²) in [6.45, 7) is 1.99. The molecule has 0 radical (unpaired) electrons. The first kappa shape index (κ1) is 24.4. The minimum Gasteiger partial charge on any atom is -0.478 e. The highest BCUT2D eigenvalue weighted by molar-refractivity contribution is 5.87. The van der Waals surface area contributed by atoms with Crippen molar-refractivity contribution in [2.75, 3.05) is 13.1 Å². The van der Waals surface area contributed by atoms with Gasteiger partial charge in [-0.1, -0.05) is 30.3 Å². The van der Waals surface area contributed by atoms with Gasteiger partial charge in [-0.05, 0) is 48.6 Å². The van der Waals surface area contributed by atoms with Gasteiger partial charge in [0.1, 0.15) is 0 Å². The zero-order valence-corrected chi connectivity index (χ0v) is 17.0. The maximum Gasteiger partial charge on any atom is 0.416 e. The number of aliphatic hydroxyl groups is 1. The fraction of sp³-hybridized carbons (Fsp3) is 0.364. The number of aromatic carboxylic acids is 1. The van der Waals surface area contributed by atoms with Crippen molar-refractivity contribution in [2.24, 2.45) is 0 Å². The summed E-state index contributed by atoms with van der Waals surface area (Å²) in [6.07, 6.45) is -4.49. The summed E-state index contributed by atoms with van der Waals surface area (Å²) in [7, 11) is 0. The lowest BCUT2D eigenvalue weighted by Gasteiger charge is -2.23. The van der Waals surface area contributed by atoms with Gasteiger partial charge in [0.2, 0.25) is 5.91 Å². The van der Waals surface area contributed by atoms with E-state index in [0.717, 1.165) is 17.7 Å². The first-order valence-electron chi connectivity index (χ1n) is 9.74. The summed E-state index contributed by atoms with van der Waals surface area (Å²) >= 11 is 0. The Morgan fingerprint density at radius 2 is 1.77 bits per heavy atom. The smallest absolute Gasteiger partial charge is 0.416 e. The third-order valence-corrected chi connectivity index (χ3v) is 4.71. The molecule has 2 aromatic rings. The van der Waals surface area contributed by atoms with Crippen LogP contribution < -0.4 is 5.43 Å². The van der Waals surface area contributed by atoms with Gasteiger partial charge in [0.25, 0.3) is 0 Å². The van der Waals surface area contributed by atoms with E-state index in [4.69, 9.17) is 5.11 Å². The normalized spacial score (nSPS) is 12.4. The molecule has 6 nitrogen and oxygen atoms in total. The fourth-order valence-electron chi connectivity index (χ4n) is 3.02. The van der Waals surface area contributed by atoms with Crippen molar-refractivity contribution < 1.29 is 33.0 Å². The quantitative estimate of drug-likeness (QED) is 0.496. The number of aliphatic hydroxyl groups excluding tert-OH is 1. The Morgan fingerprint density at radius 1 is 1.10 bits per heavy atom. The van der Waals surface area contributed by atoms with Gasteiger partial charge >= 0.3 is 12.1 Å². The fourth-order valence-corrected chi connectivity index (χ4v) is 3.02. The second kappa shape index (κ2) is 10.9. The molecule has 0 aliphatic rings. The van der Waals surface area contributed by atoms with Crippen LogP contribution in [-0.2, 0) is 23.8 Å². The number of amides is 1. The van der Waals surface area contributed by atoms with Crippen LogP contribution >= 0.6 is 0 Å². The molecule has 0 spiro atoms. The van der Waals surface area contributed by atoms with Gasteiger partial charge < -0.3 is 10.2 Å². The predicted molar refractivity (Wildman–Crippen MR) is 108 cm³/mol. The van der Waals surface area contributed by atoms with Gasteiger partial charge in [-0.2, -0.15) is 13.2 Å². The van der Waals surface area contributed by atoms with Gasteiger partial charge in [0.05, 0.1) is 17.2 Å². The number of carboxylic acid groups (broad SMARTS) is 1. The van der Waals surface area contributed by atoms with Crippen molar-refractivity contribution in [3.05, 3.63) is 70.8 Å². The first-order valence-corrected chi connectivity index (χ1v) is 9.74. The van der Waals surface area contributed by atoms with E-state index in [1.54, 1.807) is 12.1 Å². The second-order valence-electron chi connectivity index (χ2n) is 7.18. The minimum atomic E-state index is -4.43. The van der Waals surface area contributed by atoms with Crippen molar-refractivity contribution in [1.29, 1.82) is 0 Å². The lowest BCUT2D eigenvalue weighted by atomic mass is 10.0. The van der Waals surface area contributed by atoms with Crippen LogP contribution in [0.15, 0.2) is 48.5 Å². The van der Waals surface area contributed by atoms with Crippen molar-refractivity contribution in [3.8, 4) is 0 Å². The van der Waals surface area contributed by atoms with E-state index in [-0.39, 0.29) is 30.9 Å². The number of hydrogen-bond acceptors (Lipinski definition) is 4. The van der Waals surface area contributed by atoms with E-state index in [1.165, 1.54) is 36.2 Å². The molecule has 0 heterocycles. The van der Waals surface area contributed by atoms with Crippen LogP contribution in [-0.4, -0.2) is 46.3 Å². The van der Waals surface area contributed by atoms with E-state index in [2.05, 4.69) is 5.43 Å². The molecule has 2 aromatic carbocycles. The zero-order chi connectivity index (χ0) is 23.0. The molecule has 0 aliphatic carbocycles. The van der Waals surface area contributed by atoms with E-state index >= 15 is 0 Å². The number of carboxylic acids is 1. The van der Waals surface area contributed by atoms with E-state index < -0.39 is 23.8 Å². The number of rotatable bonds is 10. The molecule has 9 heteroatoms. The average molecular weight is 438 g/mol. The zero-order valence-electron chi connectivity index (χ0n) is 17.0. The van der Waals surface area contributed by atoms with Gasteiger partial charge in [-0.3, -0.25) is 9.80 Å². The molecule has 1 amide bonds. The largest absolute Gasteiger partial charge is 0.478 e. The molecule has 1 unspecified atom stereocenters. The number of halogens is 3. The summed E-state index contributed by atoms with van der Waals surface area (Å²) in [5, 5.41) is 20.5. The molecule has 1 atom stereocenters. The van der Waals surface area contributed by atoms with Crippen LogP contribution in [0.5, 0.6) is 0 Å². The predicted octanol–water partition coefficient (Wildman–Crippen LogP) is 3.29. The van der Waals surface area contributed by atoms with Gasteiger partial charge in [0.15, 0.2) is 0 Å². The number of hydrogen-bond donors (Lipinski definition) is 3. The summed E-state index contributed by atoms with van der Waals surface area (Å²) in [5.74, 6) is -1.24. The van der Waals surface area contributed by atoms with Crippen LogP contribution in [0.2, 0.25) is 0 Å². The number of carbonyl (C=O) groups excluding carboxylic acids is 1. The summed E-state index contributed by atoms with van der Waals surface area (Å²) in [6, 6.07) is 11.2. The Bertz CT molecular complexity index is 885. The third kappa shape index (κ3) is 8.03. The number of carbonyl (C=O) groups is 2. The topological polar surface area (TPSA) is 89.9 Å². The Kier molecular flexibility index (Phi) is 8.58. The highest BCUT2D eigenvalue weighted by Crippen LogP contribution is 2.29. The van der Waals surface area contributed by atoms with Crippen LogP contribution in [0.25, 0.3) is 0 Å². The summed E-state index contributed by atoms with van der Waals surface area (Å²) in [4.78, 5) is 22.7. The summed E-state index contributed by atoms with van der Waals surface area (Å²) in [5.41, 5.74) is 3.59. The molecule has 0 aliphatic heterocycles. The summed E-state index contributed by atoms with van der Waals surface area (Å²) < 4.78 is 38.4. The lowest BCUT2D eigenvalue weighted by molar-refractivity contribution is -0.137. The number of alkyl halides is 3. The Hall–Kier alpha value is -2.91. The minimum absolute atomic E-state index is 0.0710. The van der Waals surface area contributed by atoms with Crippen molar-refractivity contribution in [1.82, 2.24) is 10.4 Å². The molecule has 0 bridgehead atoms. The molecule has 0 saturated heterocycles. The monoisotopic (exact) mass is 438 g/mol. The lowest BCUT2D eigenvalue weighted by Crippen LogP contribution is -2.44. The van der Waals surface area contributed by atoms with Crippen LogP contribution in [0.3, 0.4) is 0 Å². The van der Waals surface area contributed by atoms with Crippen molar-refractivity contribution in [3.63, 3.8) is 0 Å². The highest BCUT2D eigenvalue weighted by atomic mass is 19.4. The molecule has 168 valence electrons. The van der Waals surface area contributed by atoms with Crippen LogP contribution in [0.1, 0.15) is 40.4 Å². The third-order valence-electron chi connectivity index (χ3n) is 4.71. The van der Waals surface area contributed by atoms with E-state index in [9.17, 15) is 27.9 Å². The Labute approximate surface area is 178 Å². The number of nitrogens with zero attached hydrogens (tertiary/aromatic N) is 1. The van der Waals surface area contributed by atoms with E-state index in [0.29, 0.717) is 18.5 Å². The van der Waals surface area contributed by atoms with Crippen LogP contribution in [0, 0.1) is 0 Å². The number of nitrogens with one attached hydrogen (secondary N) is 1. The SMILES string of the molecule is CC(=O)N(CCc1ccc(C(=O)O)cc1)NCCC(O)Cc1cccc(C(F)(F)F)c1. The molecular formula is C22H25F3N2O4. The van der Waals surface area contributed by atoms with Gasteiger partial charge in [-0.15, -0.1) is 0 Å². The standard InChI is InChI=1S/C22H25F3N2O4/c1-15(28)27(12-10-16-5-7-18(8-6-16)21(30)31)26-11-9-20(29)14-17-3-2-4-19(13-17)22(23,24)25/h2-8,13,20,26,29H,9-12,14H2,1H3,(H,30,31). The van der Waals surface area contributed by atoms with Crippen molar-refractivity contribution >= 4 is 11.9 Å². The molecule has 2 rings (SSSR count). The maximum atomic E-state index is 12.8. The first-order chi connectivity index (χ1) is 14.6. The highest BCUT2D eigenvalue weighted by Gasteiger charge is 2.30. The number of hydrazine groups is 1. The molecule has 3 N–H and O–H groups in total. The molecular weight excluding hydrogens is 413 g/mol.